The Morgan fingerprint density at radius 1 is 1.40 bits per heavy atom. The third kappa shape index (κ3) is 6.99. The molecule has 10 heavy (non-hydrogen) atoms. The summed E-state index contributed by atoms with van der Waals surface area (Å²) in [4.78, 5) is 10.2. The van der Waals surface area contributed by atoms with Crippen LogP contribution in [-0.4, -0.2) is 26.3 Å². The van der Waals surface area contributed by atoms with Crippen molar-refractivity contribution in [2.45, 2.75) is 6.92 Å². The molecule has 0 unspecified atom stereocenters. The van der Waals surface area contributed by atoms with Crippen LogP contribution in [0.15, 0.2) is 0 Å². The first-order valence-electron chi connectivity index (χ1n) is 2.85. The topological polar surface area (TPSA) is 35.5 Å². The van der Waals surface area contributed by atoms with Gasteiger partial charge in [0.25, 0.3) is 0 Å². The van der Waals surface area contributed by atoms with Crippen molar-refractivity contribution < 1.29 is 14.3 Å². The molecule has 3 heteroatoms. The lowest BCUT2D eigenvalue weighted by atomic mass is 10.6. The summed E-state index contributed by atoms with van der Waals surface area (Å²) < 4.78 is 9.16. The normalized spacial score (nSPS) is 7.80. The van der Waals surface area contributed by atoms with Gasteiger partial charge in [0.1, 0.15) is 6.61 Å². The van der Waals surface area contributed by atoms with Crippen LogP contribution in [0.5, 0.6) is 0 Å². The van der Waals surface area contributed by atoms with Crippen molar-refractivity contribution in [1.82, 2.24) is 0 Å². The second kappa shape index (κ2) is 6.12. The van der Waals surface area contributed by atoms with E-state index in [0.29, 0.717) is 6.61 Å². The fraction of sp³-hybridized carbons (Fsp3) is 0.571. The smallest absolute Gasteiger partial charge is 0.303 e. The molecular weight excluding hydrogens is 132 g/mol. The standard InChI is InChI=1S/C7H10O3/c1-7(8)10-6-4-3-5-9-2/h5-6H2,1-2H3. The number of hydrogen-bond donors (Lipinski definition) is 0. The summed E-state index contributed by atoms with van der Waals surface area (Å²) in [5.41, 5.74) is 0. The van der Waals surface area contributed by atoms with Crippen molar-refractivity contribution in [3.05, 3.63) is 0 Å². The van der Waals surface area contributed by atoms with Gasteiger partial charge in [0, 0.05) is 14.0 Å². The maximum Gasteiger partial charge on any atom is 0.303 e. The Morgan fingerprint density at radius 2 is 2.00 bits per heavy atom. The van der Waals surface area contributed by atoms with Gasteiger partial charge < -0.3 is 9.47 Å². The minimum Gasteiger partial charge on any atom is -0.453 e. The van der Waals surface area contributed by atoms with E-state index in [9.17, 15) is 4.79 Å². The van der Waals surface area contributed by atoms with Crippen molar-refractivity contribution in [3.63, 3.8) is 0 Å². The molecule has 56 valence electrons. The molecular formula is C7H10O3. The highest BCUT2D eigenvalue weighted by Gasteiger charge is 1.84. The van der Waals surface area contributed by atoms with Gasteiger partial charge in [0.05, 0.1) is 0 Å². The zero-order valence-corrected chi connectivity index (χ0v) is 6.14. The van der Waals surface area contributed by atoms with E-state index in [4.69, 9.17) is 0 Å². The Balaban J connectivity index is 3.20. The molecule has 0 fully saturated rings. The van der Waals surface area contributed by atoms with Crippen LogP contribution in [0.4, 0.5) is 0 Å². The van der Waals surface area contributed by atoms with Crippen molar-refractivity contribution in [1.29, 1.82) is 0 Å². The van der Waals surface area contributed by atoms with Crippen LogP contribution in [0.25, 0.3) is 0 Å². The number of esters is 1. The molecule has 0 bridgehead atoms. The lowest BCUT2D eigenvalue weighted by Crippen LogP contribution is -1.98. The SMILES string of the molecule is COCC#CCOC(C)=O. The number of ether oxygens (including phenoxy) is 2. The van der Waals surface area contributed by atoms with E-state index < -0.39 is 0 Å². The van der Waals surface area contributed by atoms with Gasteiger partial charge in [-0.15, -0.1) is 0 Å². The first-order valence-corrected chi connectivity index (χ1v) is 2.85. The minimum atomic E-state index is -0.313. The third-order valence-corrected chi connectivity index (χ3v) is 0.689. The Bertz CT molecular complexity index is 152. The molecule has 0 spiro atoms. The molecule has 0 aliphatic heterocycles. The predicted octanol–water partition coefficient (Wildman–Crippen LogP) is 0.199. The third-order valence-electron chi connectivity index (χ3n) is 0.689. The number of hydrogen-bond acceptors (Lipinski definition) is 3. The van der Waals surface area contributed by atoms with Crippen molar-refractivity contribution in [2.24, 2.45) is 0 Å². The fourth-order valence-electron chi connectivity index (χ4n) is 0.312. The zero-order chi connectivity index (χ0) is 7.82. The molecule has 0 N–H and O–H groups in total. The average Bonchev–Trinajstić information content (AvgIpc) is 1.87. The van der Waals surface area contributed by atoms with Crippen LogP contribution in [0.3, 0.4) is 0 Å². The molecule has 0 amide bonds. The number of methoxy groups -OCH3 is 1. The highest BCUT2D eigenvalue weighted by Crippen LogP contribution is 1.72. The van der Waals surface area contributed by atoms with Crippen molar-refractivity contribution in [2.75, 3.05) is 20.3 Å². The van der Waals surface area contributed by atoms with E-state index in [1.54, 1.807) is 7.11 Å². The average molecular weight is 142 g/mol. The second-order valence-electron chi connectivity index (χ2n) is 1.57. The van der Waals surface area contributed by atoms with Crippen LogP contribution in [-0.2, 0) is 14.3 Å². The van der Waals surface area contributed by atoms with Gasteiger partial charge in [-0.2, -0.15) is 0 Å². The van der Waals surface area contributed by atoms with Crippen LogP contribution >= 0.6 is 0 Å². The molecule has 0 atom stereocenters. The summed E-state index contributed by atoms with van der Waals surface area (Å²) in [6.45, 7) is 1.87. The Hall–Kier alpha value is -1.01. The Labute approximate surface area is 60.3 Å². The van der Waals surface area contributed by atoms with Gasteiger partial charge in [0.15, 0.2) is 6.61 Å². The van der Waals surface area contributed by atoms with E-state index in [1.165, 1.54) is 6.92 Å². The summed E-state index contributed by atoms with van der Waals surface area (Å²) in [5.74, 6) is 4.93. The highest BCUT2D eigenvalue weighted by molar-refractivity contribution is 5.66. The molecule has 0 radical (unpaired) electrons. The summed E-state index contributed by atoms with van der Waals surface area (Å²) >= 11 is 0. The molecule has 0 aromatic carbocycles. The van der Waals surface area contributed by atoms with E-state index in [2.05, 4.69) is 21.3 Å². The first-order chi connectivity index (χ1) is 4.77. The van der Waals surface area contributed by atoms with Gasteiger partial charge >= 0.3 is 5.97 Å². The molecule has 0 rings (SSSR count). The quantitative estimate of drug-likeness (QED) is 0.408. The minimum absolute atomic E-state index is 0.151. The Kier molecular flexibility index (Phi) is 5.50. The lowest BCUT2D eigenvalue weighted by Gasteiger charge is -1.90. The monoisotopic (exact) mass is 142 g/mol. The number of rotatable bonds is 2. The second-order valence-corrected chi connectivity index (χ2v) is 1.57. The summed E-state index contributed by atoms with van der Waals surface area (Å²) in [6.07, 6.45) is 0. The fourth-order valence-corrected chi connectivity index (χ4v) is 0.312. The molecule has 3 nitrogen and oxygen atoms in total. The lowest BCUT2D eigenvalue weighted by molar-refractivity contribution is -0.139. The van der Waals surface area contributed by atoms with Crippen LogP contribution in [0, 0.1) is 11.8 Å². The van der Waals surface area contributed by atoms with E-state index in [0.717, 1.165) is 0 Å². The molecule has 0 aromatic heterocycles. The van der Waals surface area contributed by atoms with Gasteiger partial charge in [0.2, 0.25) is 0 Å². The van der Waals surface area contributed by atoms with Crippen LogP contribution in [0.1, 0.15) is 6.92 Å². The molecule has 0 saturated carbocycles. The molecule has 0 aliphatic rings. The molecule has 0 aliphatic carbocycles. The van der Waals surface area contributed by atoms with E-state index >= 15 is 0 Å². The van der Waals surface area contributed by atoms with Gasteiger partial charge in [-0.1, -0.05) is 11.8 Å². The van der Waals surface area contributed by atoms with Crippen LogP contribution in [0.2, 0.25) is 0 Å². The number of carbonyl (C=O) groups excluding carboxylic acids is 1. The van der Waals surface area contributed by atoms with Gasteiger partial charge in [-0.25, -0.2) is 0 Å². The summed E-state index contributed by atoms with van der Waals surface area (Å²) in [6, 6.07) is 0. The van der Waals surface area contributed by atoms with Crippen molar-refractivity contribution >= 4 is 5.97 Å². The summed E-state index contributed by atoms with van der Waals surface area (Å²) in [5, 5.41) is 0. The van der Waals surface area contributed by atoms with Gasteiger partial charge in [-0.05, 0) is 0 Å². The maximum absolute atomic E-state index is 10.2. The zero-order valence-electron chi connectivity index (χ0n) is 6.14. The molecule has 0 heterocycles. The van der Waals surface area contributed by atoms with E-state index in [-0.39, 0.29) is 12.6 Å². The van der Waals surface area contributed by atoms with Crippen molar-refractivity contribution in [3.8, 4) is 11.8 Å². The molecule has 0 aromatic rings. The number of carbonyl (C=O) groups is 1. The Morgan fingerprint density at radius 3 is 2.50 bits per heavy atom. The maximum atomic E-state index is 10.2. The van der Waals surface area contributed by atoms with Crippen LogP contribution < -0.4 is 0 Å². The summed E-state index contributed by atoms with van der Waals surface area (Å²) in [7, 11) is 1.56. The van der Waals surface area contributed by atoms with Gasteiger partial charge in [-0.3, -0.25) is 4.79 Å². The molecule has 0 saturated heterocycles. The first kappa shape index (κ1) is 8.99. The largest absolute Gasteiger partial charge is 0.453 e. The van der Waals surface area contributed by atoms with E-state index in [1.807, 2.05) is 0 Å². The predicted molar refractivity (Wildman–Crippen MR) is 36.3 cm³/mol. The highest BCUT2D eigenvalue weighted by atomic mass is 16.5.